The van der Waals surface area contributed by atoms with Gasteiger partial charge in [-0.1, -0.05) is 30.3 Å². The molecule has 21 heavy (non-hydrogen) atoms. The first-order chi connectivity index (χ1) is 10.2. The molecule has 2 atom stereocenters. The van der Waals surface area contributed by atoms with E-state index in [0.717, 1.165) is 6.42 Å². The second-order valence-electron chi connectivity index (χ2n) is 5.37. The largest absolute Gasteiger partial charge is 0.481 e. The molecule has 1 heterocycles. The first-order valence-electron chi connectivity index (χ1n) is 7.32. The maximum Gasteiger partial charge on any atom is 0.304 e. The van der Waals surface area contributed by atoms with E-state index < -0.39 is 5.97 Å². The number of carboxylic acids is 1. The van der Waals surface area contributed by atoms with Gasteiger partial charge in [0.2, 0.25) is 0 Å². The molecular formula is C16H23NO4. The summed E-state index contributed by atoms with van der Waals surface area (Å²) in [7, 11) is 1.95. The number of nitrogens with zero attached hydrogens (tertiary/aromatic N) is 1. The minimum Gasteiger partial charge on any atom is -0.481 e. The number of hydrogen-bond acceptors (Lipinski definition) is 4. The number of aliphatic carboxylic acids is 1. The minimum absolute atomic E-state index is 0.0160. The van der Waals surface area contributed by atoms with E-state index in [1.165, 1.54) is 5.56 Å². The van der Waals surface area contributed by atoms with Gasteiger partial charge < -0.3 is 14.6 Å². The van der Waals surface area contributed by atoms with Gasteiger partial charge in [-0.15, -0.1) is 0 Å². The minimum atomic E-state index is -0.777. The van der Waals surface area contributed by atoms with E-state index in [2.05, 4.69) is 17.0 Å². The van der Waals surface area contributed by atoms with E-state index in [1.54, 1.807) is 0 Å². The molecule has 2 unspecified atom stereocenters. The number of likely N-dealkylation sites (N-methyl/N-ethyl adjacent to an activating group) is 1. The molecule has 0 saturated carbocycles. The standard InChI is InChI=1S/C16H23NO4/c1-17(8-7-16(18)19)14(15-12-20-9-10-21-15)11-13-5-3-2-4-6-13/h2-6,14-15H,7-12H2,1H3,(H,18,19). The third-order valence-electron chi connectivity index (χ3n) is 3.80. The van der Waals surface area contributed by atoms with Gasteiger partial charge in [-0.05, 0) is 19.0 Å². The molecule has 0 aromatic heterocycles. The lowest BCUT2D eigenvalue weighted by Crippen LogP contribution is -2.49. The Kier molecular flexibility index (Phi) is 6.17. The molecule has 1 aliphatic rings. The summed E-state index contributed by atoms with van der Waals surface area (Å²) in [5, 5.41) is 8.86. The molecule has 1 aromatic rings. The number of benzene rings is 1. The molecule has 1 aliphatic heterocycles. The highest BCUT2D eigenvalue weighted by atomic mass is 16.6. The highest BCUT2D eigenvalue weighted by molar-refractivity contribution is 5.66. The Labute approximate surface area is 125 Å². The Hall–Kier alpha value is -1.43. The monoisotopic (exact) mass is 293 g/mol. The van der Waals surface area contributed by atoms with Crippen LogP contribution in [0, 0.1) is 0 Å². The number of rotatable bonds is 7. The highest BCUT2D eigenvalue weighted by Crippen LogP contribution is 2.17. The Morgan fingerprint density at radius 2 is 2.14 bits per heavy atom. The van der Waals surface area contributed by atoms with Crippen molar-refractivity contribution in [2.24, 2.45) is 0 Å². The van der Waals surface area contributed by atoms with Crippen LogP contribution in [0.15, 0.2) is 30.3 Å². The first-order valence-corrected chi connectivity index (χ1v) is 7.32. The van der Waals surface area contributed by atoms with Gasteiger partial charge in [-0.2, -0.15) is 0 Å². The van der Waals surface area contributed by atoms with Gasteiger partial charge >= 0.3 is 5.97 Å². The summed E-state index contributed by atoms with van der Waals surface area (Å²) in [6, 6.07) is 10.3. The maximum absolute atomic E-state index is 10.8. The smallest absolute Gasteiger partial charge is 0.304 e. The van der Waals surface area contributed by atoms with Crippen molar-refractivity contribution in [2.75, 3.05) is 33.4 Å². The summed E-state index contributed by atoms with van der Waals surface area (Å²) in [6.07, 6.45) is 0.943. The van der Waals surface area contributed by atoms with E-state index in [0.29, 0.717) is 26.4 Å². The normalized spacial score (nSPS) is 20.4. The van der Waals surface area contributed by atoms with Crippen molar-refractivity contribution in [3.8, 4) is 0 Å². The Bertz CT molecular complexity index is 431. The molecular weight excluding hydrogens is 270 g/mol. The molecule has 0 radical (unpaired) electrons. The molecule has 0 aliphatic carbocycles. The van der Waals surface area contributed by atoms with E-state index in [4.69, 9.17) is 14.6 Å². The zero-order valence-electron chi connectivity index (χ0n) is 12.4. The van der Waals surface area contributed by atoms with E-state index in [-0.39, 0.29) is 18.6 Å². The fraction of sp³-hybridized carbons (Fsp3) is 0.562. The van der Waals surface area contributed by atoms with Crippen molar-refractivity contribution in [1.82, 2.24) is 4.90 Å². The van der Waals surface area contributed by atoms with Crippen LogP contribution in [0.1, 0.15) is 12.0 Å². The Morgan fingerprint density at radius 3 is 2.76 bits per heavy atom. The third-order valence-corrected chi connectivity index (χ3v) is 3.80. The van der Waals surface area contributed by atoms with Gasteiger partial charge in [0.25, 0.3) is 0 Å². The second kappa shape index (κ2) is 8.12. The third kappa shape index (κ3) is 5.12. The molecule has 1 saturated heterocycles. The number of hydrogen-bond donors (Lipinski definition) is 1. The quantitative estimate of drug-likeness (QED) is 0.824. The molecule has 1 N–H and O–H groups in total. The summed E-state index contributed by atoms with van der Waals surface area (Å²) in [5.41, 5.74) is 1.22. The van der Waals surface area contributed by atoms with Crippen LogP contribution in [0.25, 0.3) is 0 Å². The molecule has 116 valence electrons. The van der Waals surface area contributed by atoms with Gasteiger partial charge in [-0.3, -0.25) is 9.69 Å². The lowest BCUT2D eigenvalue weighted by Gasteiger charge is -2.36. The topological polar surface area (TPSA) is 59.0 Å². The Balaban J connectivity index is 2.03. The molecule has 1 fully saturated rings. The van der Waals surface area contributed by atoms with Crippen LogP contribution in [0.2, 0.25) is 0 Å². The lowest BCUT2D eigenvalue weighted by atomic mass is 9.99. The predicted molar refractivity (Wildman–Crippen MR) is 79.4 cm³/mol. The second-order valence-corrected chi connectivity index (χ2v) is 5.37. The Morgan fingerprint density at radius 1 is 1.38 bits per heavy atom. The van der Waals surface area contributed by atoms with E-state index in [9.17, 15) is 4.79 Å². The average molecular weight is 293 g/mol. The predicted octanol–water partition coefficient (Wildman–Crippen LogP) is 1.42. The molecule has 2 rings (SSSR count). The van der Waals surface area contributed by atoms with Crippen LogP contribution in [0.4, 0.5) is 0 Å². The summed E-state index contributed by atoms with van der Waals surface area (Å²) in [4.78, 5) is 12.8. The summed E-state index contributed by atoms with van der Waals surface area (Å²) in [5.74, 6) is -0.777. The van der Waals surface area contributed by atoms with Gasteiger partial charge in [-0.25, -0.2) is 0 Å². The van der Waals surface area contributed by atoms with E-state index >= 15 is 0 Å². The first kappa shape index (κ1) is 15.9. The number of carboxylic acid groups (broad SMARTS) is 1. The zero-order valence-corrected chi connectivity index (χ0v) is 12.4. The number of ether oxygens (including phenoxy) is 2. The van der Waals surface area contributed by atoms with Crippen LogP contribution in [0.3, 0.4) is 0 Å². The van der Waals surface area contributed by atoms with Crippen molar-refractivity contribution in [1.29, 1.82) is 0 Å². The van der Waals surface area contributed by atoms with Crippen LogP contribution < -0.4 is 0 Å². The number of carbonyl (C=O) groups is 1. The van der Waals surface area contributed by atoms with Crippen molar-refractivity contribution in [3.63, 3.8) is 0 Å². The van der Waals surface area contributed by atoms with Crippen LogP contribution >= 0.6 is 0 Å². The molecule has 5 heteroatoms. The van der Waals surface area contributed by atoms with Crippen LogP contribution in [-0.4, -0.2) is 61.5 Å². The SMILES string of the molecule is CN(CCC(=O)O)C(Cc1ccccc1)C1COCCO1. The van der Waals surface area contributed by atoms with Crippen molar-refractivity contribution in [2.45, 2.75) is 25.0 Å². The summed E-state index contributed by atoms with van der Waals surface area (Å²) in [6.45, 7) is 2.30. The van der Waals surface area contributed by atoms with Crippen molar-refractivity contribution < 1.29 is 19.4 Å². The maximum atomic E-state index is 10.8. The summed E-state index contributed by atoms with van der Waals surface area (Å²) < 4.78 is 11.3. The average Bonchev–Trinajstić information content (AvgIpc) is 2.52. The molecule has 0 bridgehead atoms. The summed E-state index contributed by atoms with van der Waals surface area (Å²) >= 11 is 0. The van der Waals surface area contributed by atoms with Gasteiger partial charge in [0.15, 0.2) is 0 Å². The zero-order chi connectivity index (χ0) is 15.1. The van der Waals surface area contributed by atoms with Crippen molar-refractivity contribution >= 4 is 5.97 Å². The van der Waals surface area contributed by atoms with Gasteiger partial charge in [0.1, 0.15) is 0 Å². The van der Waals surface area contributed by atoms with Crippen LogP contribution in [0.5, 0.6) is 0 Å². The van der Waals surface area contributed by atoms with Gasteiger partial charge in [0, 0.05) is 12.6 Å². The lowest BCUT2D eigenvalue weighted by molar-refractivity contribution is -0.138. The van der Waals surface area contributed by atoms with E-state index in [1.807, 2.05) is 25.2 Å². The molecule has 1 aromatic carbocycles. The molecule has 5 nitrogen and oxygen atoms in total. The van der Waals surface area contributed by atoms with Gasteiger partial charge in [0.05, 0.1) is 32.3 Å². The molecule has 0 amide bonds. The van der Waals surface area contributed by atoms with Crippen LogP contribution in [-0.2, 0) is 20.7 Å². The molecule has 0 spiro atoms. The fourth-order valence-electron chi connectivity index (χ4n) is 2.59. The van der Waals surface area contributed by atoms with Crippen molar-refractivity contribution in [3.05, 3.63) is 35.9 Å². The fourth-order valence-corrected chi connectivity index (χ4v) is 2.59. The highest BCUT2D eigenvalue weighted by Gasteiger charge is 2.28.